The van der Waals surface area contributed by atoms with Gasteiger partial charge in [-0.25, -0.2) is 0 Å². The Balaban J connectivity index is 1.32. The van der Waals surface area contributed by atoms with E-state index >= 15 is 0 Å². The van der Waals surface area contributed by atoms with E-state index in [0.29, 0.717) is 17.6 Å². The van der Waals surface area contributed by atoms with Crippen LogP contribution in [0.3, 0.4) is 0 Å². The van der Waals surface area contributed by atoms with E-state index in [9.17, 15) is 5.11 Å². The number of aryl methyl sites for hydroxylation is 2. The van der Waals surface area contributed by atoms with Crippen molar-refractivity contribution in [1.82, 2.24) is 0 Å². The minimum Gasteiger partial charge on any atom is -0.508 e. The molecule has 4 nitrogen and oxygen atoms in total. The Morgan fingerprint density at radius 1 is 0.861 bits per heavy atom. The van der Waals surface area contributed by atoms with Gasteiger partial charge in [-0.1, -0.05) is 42.5 Å². The number of methoxy groups -OCH3 is 2. The number of fused-ring (bicyclic) bond motifs is 3. The summed E-state index contributed by atoms with van der Waals surface area (Å²) in [5, 5.41) is 10.2. The summed E-state index contributed by atoms with van der Waals surface area (Å²) >= 11 is 0. The predicted octanol–water partition coefficient (Wildman–Crippen LogP) is 6.19. The Labute approximate surface area is 214 Å². The summed E-state index contributed by atoms with van der Waals surface area (Å²) in [5.41, 5.74) is 8.53. The first-order valence-electron chi connectivity index (χ1n) is 13.4. The molecular weight excluding hydrogens is 446 g/mol. The average Bonchev–Trinajstić information content (AvgIpc) is 3.29. The minimum absolute atomic E-state index is 0.106. The van der Waals surface area contributed by atoms with E-state index in [1.54, 1.807) is 14.2 Å². The molecule has 188 valence electrons. The van der Waals surface area contributed by atoms with Gasteiger partial charge in [0.15, 0.2) is 6.29 Å². The fraction of sp³-hybridized carbons (Fsp3) is 0.438. The summed E-state index contributed by atoms with van der Waals surface area (Å²) in [5.74, 6) is 1.13. The third-order valence-corrected chi connectivity index (χ3v) is 9.21. The van der Waals surface area contributed by atoms with E-state index in [1.165, 1.54) is 39.9 Å². The van der Waals surface area contributed by atoms with Gasteiger partial charge in [-0.15, -0.1) is 0 Å². The van der Waals surface area contributed by atoms with Crippen LogP contribution in [0, 0.1) is 5.92 Å². The molecule has 1 aliphatic heterocycles. The maximum atomic E-state index is 10.2. The lowest BCUT2D eigenvalue weighted by atomic mass is 9.59. The third-order valence-electron chi connectivity index (χ3n) is 9.21. The summed E-state index contributed by atoms with van der Waals surface area (Å²) in [6, 6.07) is 24.5. The van der Waals surface area contributed by atoms with Crippen molar-refractivity contribution < 1.29 is 14.6 Å². The third kappa shape index (κ3) is 3.91. The van der Waals surface area contributed by atoms with Gasteiger partial charge >= 0.3 is 0 Å². The molecule has 0 aromatic heterocycles. The lowest BCUT2D eigenvalue weighted by Crippen LogP contribution is -2.39. The van der Waals surface area contributed by atoms with Gasteiger partial charge in [0.05, 0.1) is 0 Å². The number of phenols is 1. The van der Waals surface area contributed by atoms with Gasteiger partial charge in [0.2, 0.25) is 0 Å². The number of hydrogen-bond donors (Lipinski definition) is 1. The molecule has 3 aromatic rings. The maximum Gasteiger partial charge on any atom is 0.159 e. The summed E-state index contributed by atoms with van der Waals surface area (Å²) in [6.07, 6.45) is 6.53. The van der Waals surface area contributed by atoms with E-state index in [4.69, 9.17) is 9.47 Å². The van der Waals surface area contributed by atoms with Crippen LogP contribution in [-0.2, 0) is 27.7 Å². The number of aromatic hydroxyl groups is 1. The van der Waals surface area contributed by atoms with E-state index in [1.807, 2.05) is 12.1 Å². The average molecular weight is 484 g/mol. The lowest BCUT2D eigenvalue weighted by molar-refractivity contribution is -0.141. The van der Waals surface area contributed by atoms with Crippen molar-refractivity contribution >= 4 is 5.69 Å². The molecule has 1 N–H and O–H groups in total. The number of nitrogens with zero attached hydrogens (tertiary/aromatic N) is 1. The fourth-order valence-corrected chi connectivity index (χ4v) is 7.45. The largest absolute Gasteiger partial charge is 0.508 e. The molecule has 2 aliphatic carbocycles. The van der Waals surface area contributed by atoms with E-state index in [-0.39, 0.29) is 11.7 Å². The van der Waals surface area contributed by atoms with Gasteiger partial charge in [-0.05, 0) is 90.6 Å². The number of rotatable bonds is 5. The molecule has 0 saturated carbocycles. The van der Waals surface area contributed by atoms with Gasteiger partial charge in [0.25, 0.3) is 0 Å². The highest BCUT2D eigenvalue weighted by Gasteiger charge is 2.48. The van der Waals surface area contributed by atoms with Crippen molar-refractivity contribution in [2.45, 2.75) is 56.1 Å². The number of phenolic OH excluding ortho intramolecular Hbond substituents is 1. The quantitative estimate of drug-likeness (QED) is 0.440. The molecule has 0 amide bonds. The van der Waals surface area contributed by atoms with Crippen LogP contribution in [-0.4, -0.2) is 38.7 Å². The van der Waals surface area contributed by atoms with Crippen molar-refractivity contribution in [2.24, 2.45) is 5.92 Å². The lowest BCUT2D eigenvalue weighted by Gasteiger charge is -2.44. The molecule has 6 rings (SSSR count). The van der Waals surface area contributed by atoms with Crippen molar-refractivity contribution in [3.05, 3.63) is 94.5 Å². The predicted molar refractivity (Wildman–Crippen MR) is 144 cm³/mol. The van der Waals surface area contributed by atoms with Gasteiger partial charge in [0.1, 0.15) is 5.75 Å². The molecule has 3 aromatic carbocycles. The van der Waals surface area contributed by atoms with Gasteiger partial charge < -0.3 is 19.5 Å². The molecule has 0 bridgehead atoms. The molecule has 2 unspecified atom stereocenters. The number of benzene rings is 3. The second-order valence-electron chi connectivity index (χ2n) is 10.9. The van der Waals surface area contributed by atoms with Crippen molar-refractivity contribution in [2.75, 3.05) is 32.2 Å². The molecule has 1 saturated heterocycles. The zero-order chi connectivity index (χ0) is 24.7. The van der Waals surface area contributed by atoms with Crippen molar-refractivity contribution in [3.63, 3.8) is 0 Å². The second kappa shape index (κ2) is 9.57. The summed E-state index contributed by atoms with van der Waals surface area (Å²) in [6.45, 7) is 2.05. The van der Waals surface area contributed by atoms with Gasteiger partial charge in [-0.3, -0.25) is 0 Å². The highest BCUT2D eigenvalue weighted by Crippen LogP contribution is 2.57. The van der Waals surface area contributed by atoms with Crippen LogP contribution in [0.15, 0.2) is 66.7 Å². The van der Waals surface area contributed by atoms with Crippen LogP contribution < -0.4 is 4.90 Å². The van der Waals surface area contributed by atoms with Gasteiger partial charge in [0, 0.05) is 50.2 Å². The molecule has 1 heterocycles. The van der Waals surface area contributed by atoms with Crippen LogP contribution in [0.5, 0.6) is 5.75 Å². The first-order valence-corrected chi connectivity index (χ1v) is 13.4. The van der Waals surface area contributed by atoms with E-state index < -0.39 is 0 Å². The van der Waals surface area contributed by atoms with Crippen LogP contribution in [0.4, 0.5) is 5.69 Å². The fourth-order valence-electron chi connectivity index (χ4n) is 7.45. The van der Waals surface area contributed by atoms with Crippen molar-refractivity contribution in [1.29, 1.82) is 0 Å². The zero-order valence-electron chi connectivity index (χ0n) is 21.5. The smallest absolute Gasteiger partial charge is 0.159 e. The molecule has 1 spiro atoms. The topological polar surface area (TPSA) is 41.9 Å². The molecule has 3 aliphatic rings. The maximum absolute atomic E-state index is 10.2. The Morgan fingerprint density at radius 3 is 2.28 bits per heavy atom. The molecule has 0 radical (unpaired) electrons. The van der Waals surface area contributed by atoms with Gasteiger partial charge in [-0.2, -0.15) is 0 Å². The first-order chi connectivity index (χ1) is 17.6. The normalized spacial score (nSPS) is 23.8. The highest BCUT2D eigenvalue weighted by atomic mass is 16.7. The highest BCUT2D eigenvalue weighted by molar-refractivity contribution is 5.56. The molecular formula is C32H37NO3. The SMILES string of the molecule is COC(OC)C1CCN(c2ccc(C3c4ccc(O)cc4CCC34CCc3ccccc34)cc2)CC1. The zero-order valence-corrected chi connectivity index (χ0v) is 21.5. The second-order valence-corrected chi connectivity index (χ2v) is 10.9. The first kappa shape index (κ1) is 23.6. The number of hydrogen-bond acceptors (Lipinski definition) is 4. The summed E-state index contributed by atoms with van der Waals surface area (Å²) < 4.78 is 11.0. The van der Waals surface area contributed by atoms with Crippen LogP contribution in [0.2, 0.25) is 0 Å². The molecule has 36 heavy (non-hydrogen) atoms. The Hall–Kier alpha value is -2.82. The Kier molecular flexibility index (Phi) is 6.27. The molecule has 2 atom stereocenters. The van der Waals surface area contributed by atoms with Crippen molar-refractivity contribution in [3.8, 4) is 5.75 Å². The van der Waals surface area contributed by atoms with Crippen LogP contribution in [0.1, 0.15) is 59.4 Å². The van der Waals surface area contributed by atoms with E-state index in [0.717, 1.165) is 45.2 Å². The number of anilines is 1. The minimum atomic E-state index is -0.106. The Morgan fingerprint density at radius 2 is 1.56 bits per heavy atom. The van der Waals surface area contributed by atoms with Crippen LogP contribution >= 0.6 is 0 Å². The number of piperidine rings is 1. The standard InChI is InChI=1S/C32H37NO3/c1-35-31(36-2)24-15-19-33(20-16-24)26-9-7-23(8-10-26)30-28-12-11-27(34)21-25(28)14-18-32(30)17-13-22-5-3-4-6-29(22)32/h3-12,21,24,30-31,34H,13-20H2,1-2H3. The monoisotopic (exact) mass is 483 g/mol. The number of ether oxygens (including phenoxy) is 2. The van der Waals surface area contributed by atoms with E-state index in [2.05, 4.69) is 59.5 Å². The Bertz CT molecular complexity index is 1210. The summed E-state index contributed by atoms with van der Waals surface area (Å²) in [7, 11) is 3.47. The molecule has 4 heteroatoms. The van der Waals surface area contributed by atoms with Crippen LogP contribution in [0.25, 0.3) is 0 Å². The summed E-state index contributed by atoms with van der Waals surface area (Å²) in [4.78, 5) is 2.50. The molecule has 1 fully saturated rings.